The summed E-state index contributed by atoms with van der Waals surface area (Å²) in [4.78, 5) is 22.5. The summed E-state index contributed by atoms with van der Waals surface area (Å²) in [6.07, 6.45) is 4.05. The molecule has 0 saturated carbocycles. The lowest BCUT2D eigenvalue weighted by Crippen LogP contribution is -2.37. The molecule has 0 radical (unpaired) electrons. The van der Waals surface area contributed by atoms with Crippen LogP contribution in [0, 0.1) is 0 Å². The average molecular weight is 239 g/mol. The Morgan fingerprint density at radius 2 is 2.41 bits per heavy atom. The van der Waals surface area contributed by atoms with Crippen LogP contribution in [0.15, 0.2) is 5.10 Å². The number of hydrogen-bond donors (Lipinski definition) is 2. The predicted molar refractivity (Wildman–Crippen MR) is 61.4 cm³/mol. The Hall–Kier alpha value is -1.43. The molecule has 0 aromatic heterocycles. The first kappa shape index (κ1) is 12.0. The van der Waals surface area contributed by atoms with Gasteiger partial charge >= 0.3 is 0 Å². The molecule has 2 aliphatic rings. The zero-order valence-electron chi connectivity index (χ0n) is 9.70. The fraction of sp³-hybridized carbons (Fsp3) is 0.727. The molecule has 0 aromatic rings. The lowest BCUT2D eigenvalue weighted by Gasteiger charge is -2.13. The van der Waals surface area contributed by atoms with Gasteiger partial charge < -0.3 is 10.1 Å². The van der Waals surface area contributed by atoms with Gasteiger partial charge in [-0.3, -0.25) is 9.59 Å². The van der Waals surface area contributed by atoms with Gasteiger partial charge in [0.05, 0.1) is 6.10 Å². The topological polar surface area (TPSA) is 79.8 Å². The van der Waals surface area contributed by atoms with Gasteiger partial charge in [0.1, 0.15) is 5.71 Å². The molecule has 0 aromatic carbocycles. The number of rotatable bonds is 4. The van der Waals surface area contributed by atoms with Crippen LogP contribution in [0.1, 0.15) is 32.1 Å². The molecule has 17 heavy (non-hydrogen) atoms. The summed E-state index contributed by atoms with van der Waals surface area (Å²) in [6.45, 7) is 1.42. The second-order valence-electron chi connectivity index (χ2n) is 4.27. The van der Waals surface area contributed by atoms with Crippen LogP contribution in [0.3, 0.4) is 0 Å². The van der Waals surface area contributed by atoms with E-state index >= 15 is 0 Å². The van der Waals surface area contributed by atoms with Crippen molar-refractivity contribution in [3.63, 3.8) is 0 Å². The second-order valence-corrected chi connectivity index (χ2v) is 4.27. The SMILES string of the molecule is O=C1CCC(C(=O)NCCC2CCCO2)=NN1. The van der Waals surface area contributed by atoms with E-state index in [0.717, 1.165) is 25.9 Å². The molecule has 94 valence electrons. The third kappa shape index (κ3) is 3.52. The highest BCUT2D eigenvalue weighted by molar-refractivity contribution is 6.39. The Balaban J connectivity index is 1.68. The highest BCUT2D eigenvalue weighted by Crippen LogP contribution is 2.14. The third-order valence-corrected chi connectivity index (χ3v) is 2.94. The van der Waals surface area contributed by atoms with Gasteiger partial charge in [-0.05, 0) is 19.3 Å². The molecule has 1 atom stereocenters. The Morgan fingerprint density at radius 1 is 1.53 bits per heavy atom. The summed E-state index contributed by atoms with van der Waals surface area (Å²) in [5.74, 6) is -0.330. The molecule has 0 spiro atoms. The normalized spacial score (nSPS) is 24.1. The summed E-state index contributed by atoms with van der Waals surface area (Å²) in [7, 11) is 0. The second kappa shape index (κ2) is 5.77. The van der Waals surface area contributed by atoms with Gasteiger partial charge in [-0.1, -0.05) is 0 Å². The molecule has 1 saturated heterocycles. The van der Waals surface area contributed by atoms with Crippen LogP contribution in [0.4, 0.5) is 0 Å². The number of carbonyl (C=O) groups excluding carboxylic acids is 2. The monoisotopic (exact) mass is 239 g/mol. The predicted octanol–water partition coefficient (Wildman–Crippen LogP) is -0.0623. The number of carbonyl (C=O) groups is 2. The molecule has 2 N–H and O–H groups in total. The summed E-state index contributed by atoms with van der Waals surface area (Å²) in [5.41, 5.74) is 2.71. The fourth-order valence-corrected chi connectivity index (χ4v) is 1.96. The van der Waals surface area contributed by atoms with E-state index in [9.17, 15) is 9.59 Å². The quantitative estimate of drug-likeness (QED) is 0.721. The number of nitrogens with one attached hydrogen (secondary N) is 2. The first-order chi connectivity index (χ1) is 8.25. The van der Waals surface area contributed by atoms with E-state index in [4.69, 9.17) is 4.74 Å². The summed E-state index contributed by atoms with van der Waals surface area (Å²) >= 11 is 0. The number of ether oxygens (including phenoxy) is 1. The van der Waals surface area contributed by atoms with E-state index < -0.39 is 0 Å². The van der Waals surface area contributed by atoms with Crippen LogP contribution in [0.2, 0.25) is 0 Å². The number of amides is 2. The van der Waals surface area contributed by atoms with Gasteiger partial charge in [-0.2, -0.15) is 5.10 Å². The average Bonchev–Trinajstić information content (AvgIpc) is 2.83. The van der Waals surface area contributed by atoms with Gasteiger partial charge in [0.15, 0.2) is 0 Å². The Kier molecular flexibility index (Phi) is 4.08. The fourth-order valence-electron chi connectivity index (χ4n) is 1.96. The third-order valence-electron chi connectivity index (χ3n) is 2.94. The molecule has 0 bridgehead atoms. The van der Waals surface area contributed by atoms with Crippen molar-refractivity contribution in [2.75, 3.05) is 13.2 Å². The largest absolute Gasteiger partial charge is 0.378 e. The maximum atomic E-state index is 11.6. The van der Waals surface area contributed by atoms with Crippen LogP contribution in [0.5, 0.6) is 0 Å². The van der Waals surface area contributed by atoms with Crippen LogP contribution in [-0.4, -0.2) is 36.8 Å². The minimum Gasteiger partial charge on any atom is -0.378 e. The lowest BCUT2D eigenvalue weighted by atomic mass is 10.1. The van der Waals surface area contributed by atoms with E-state index in [1.165, 1.54) is 0 Å². The van der Waals surface area contributed by atoms with Crippen molar-refractivity contribution in [3.05, 3.63) is 0 Å². The van der Waals surface area contributed by atoms with Crippen molar-refractivity contribution in [2.45, 2.75) is 38.2 Å². The van der Waals surface area contributed by atoms with Crippen molar-refractivity contribution < 1.29 is 14.3 Å². The molecule has 2 rings (SSSR count). The van der Waals surface area contributed by atoms with Gasteiger partial charge in [0.2, 0.25) is 5.91 Å². The molecule has 1 fully saturated rings. The molecular formula is C11H17N3O3. The van der Waals surface area contributed by atoms with Crippen LogP contribution >= 0.6 is 0 Å². The Labute approximate surface area is 99.8 Å². The van der Waals surface area contributed by atoms with Crippen molar-refractivity contribution in [2.24, 2.45) is 5.10 Å². The molecule has 2 heterocycles. The van der Waals surface area contributed by atoms with Gasteiger partial charge in [0, 0.05) is 26.0 Å². The standard InChI is InChI=1S/C11H17N3O3/c15-10-4-3-9(13-14-10)11(16)12-6-5-8-2-1-7-17-8/h8H,1-7H2,(H,12,16)(H,14,15). The van der Waals surface area contributed by atoms with Crippen molar-refractivity contribution in [1.29, 1.82) is 0 Å². The smallest absolute Gasteiger partial charge is 0.267 e. The number of hydrogen-bond acceptors (Lipinski definition) is 4. The minimum absolute atomic E-state index is 0.138. The highest BCUT2D eigenvalue weighted by Gasteiger charge is 2.19. The number of hydrazone groups is 1. The first-order valence-corrected chi connectivity index (χ1v) is 6.01. The summed E-state index contributed by atoms with van der Waals surface area (Å²) in [6, 6.07) is 0. The van der Waals surface area contributed by atoms with Gasteiger partial charge in [-0.25, -0.2) is 5.43 Å². The van der Waals surface area contributed by atoms with Crippen molar-refractivity contribution >= 4 is 17.5 Å². The Morgan fingerprint density at radius 3 is 3.06 bits per heavy atom. The molecule has 2 aliphatic heterocycles. The molecule has 0 aliphatic carbocycles. The maximum Gasteiger partial charge on any atom is 0.267 e. The summed E-state index contributed by atoms with van der Waals surface area (Å²) < 4.78 is 5.46. The van der Waals surface area contributed by atoms with E-state index in [1.807, 2.05) is 0 Å². The summed E-state index contributed by atoms with van der Waals surface area (Å²) in [5, 5.41) is 6.53. The van der Waals surface area contributed by atoms with Crippen molar-refractivity contribution in [3.8, 4) is 0 Å². The van der Waals surface area contributed by atoms with Crippen LogP contribution in [-0.2, 0) is 14.3 Å². The maximum absolute atomic E-state index is 11.6. The van der Waals surface area contributed by atoms with Gasteiger partial charge in [-0.15, -0.1) is 0 Å². The molecule has 6 heteroatoms. The van der Waals surface area contributed by atoms with Crippen LogP contribution < -0.4 is 10.7 Å². The van der Waals surface area contributed by atoms with E-state index in [-0.39, 0.29) is 17.9 Å². The molecule has 2 amide bonds. The lowest BCUT2D eigenvalue weighted by molar-refractivity contribution is -0.121. The van der Waals surface area contributed by atoms with Crippen molar-refractivity contribution in [1.82, 2.24) is 10.7 Å². The molecular weight excluding hydrogens is 222 g/mol. The van der Waals surface area contributed by atoms with Gasteiger partial charge in [0.25, 0.3) is 5.91 Å². The minimum atomic E-state index is -0.192. The van der Waals surface area contributed by atoms with E-state index in [0.29, 0.717) is 25.1 Å². The zero-order chi connectivity index (χ0) is 12.1. The number of nitrogens with zero attached hydrogens (tertiary/aromatic N) is 1. The Bertz CT molecular complexity index is 335. The van der Waals surface area contributed by atoms with E-state index in [2.05, 4.69) is 15.8 Å². The first-order valence-electron chi connectivity index (χ1n) is 6.01. The molecule has 6 nitrogen and oxygen atoms in total. The molecule has 1 unspecified atom stereocenters. The zero-order valence-corrected chi connectivity index (χ0v) is 9.70. The van der Waals surface area contributed by atoms with Crippen LogP contribution in [0.25, 0.3) is 0 Å². The van der Waals surface area contributed by atoms with E-state index in [1.54, 1.807) is 0 Å². The highest BCUT2D eigenvalue weighted by atomic mass is 16.5.